The normalized spacial score (nSPS) is 18.7. The Morgan fingerprint density at radius 2 is 1.63 bits per heavy atom. The minimum Gasteiger partial charge on any atom is -0.497 e. The molecule has 1 aromatic carbocycles. The third-order valence-corrected chi connectivity index (χ3v) is 12.8. The largest absolute Gasteiger partial charge is 0.497 e. The van der Waals surface area contributed by atoms with E-state index in [2.05, 4.69) is 22.2 Å². The third-order valence-electron chi connectivity index (χ3n) is 12.8. The van der Waals surface area contributed by atoms with Gasteiger partial charge in [0.2, 0.25) is 11.8 Å². The number of aliphatic hydroxyl groups excluding tert-OH is 2. The van der Waals surface area contributed by atoms with Gasteiger partial charge in [-0.25, -0.2) is 4.79 Å². The number of aliphatic imine (C=N–C) groups is 1. The van der Waals surface area contributed by atoms with Crippen LogP contribution >= 0.6 is 0 Å². The molecule has 0 saturated carbocycles. The van der Waals surface area contributed by atoms with E-state index in [1.54, 1.807) is 63.1 Å². The number of allylic oxidation sites excluding steroid dienone is 1. The van der Waals surface area contributed by atoms with E-state index in [1.165, 1.54) is 45.3 Å². The van der Waals surface area contributed by atoms with Crippen LogP contribution in [0.3, 0.4) is 0 Å². The summed E-state index contributed by atoms with van der Waals surface area (Å²) < 4.78 is 16.9. The highest BCUT2D eigenvalue weighted by molar-refractivity contribution is 5.98. The molecular weight excluding hydrogens is 897 g/mol. The Bertz CT molecular complexity index is 2010. The number of aliphatic hydroxyl groups is 2. The second kappa shape index (κ2) is 29.3. The Morgan fingerprint density at radius 3 is 2.16 bits per heavy atom. The van der Waals surface area contributed by atoms with Crippen LogP contribution in [0, 0.1) is 23.7 Å². The summed E-state index contributed by atoms with van der Waals surface area (Å²) in [7, 11) is 4.60. The fourth-order valence-electron chi connectivity index (χ4n) is 8.42. The van der Waals surface area contributed by atoms with Crippen LogP contribution in [0.25, 0.3) is 0 Å². The minimum atomic E-state index is -1.22. The first-order valence-corrected chi connectivity index (χ1v) is 24.5. The van der Waals surface area contributed by atoms with Crippen LogP contribution in [0.1, 0.15) is 114 Å². The van der Waals surface area contributed by atoms with Gasteiger partial charge in [-0.15, -0.1) is 0 Å². The maximum absolute atomic E-state index is 14.7. The number of hydrogen-bond donors (Lipinski definition) is 5. The number of amides is 2. The molecule has 11 atom stereocenters. The summed E-state index contributed by atoms with van der Waals surface area (Å²) in [5.41, 5.74) is 8.26. The number of rotatable bonds is 29. The van der Waals surface area contributed by atoms with E-state index in [-0.39, 0.29) is 29.6 Å². The number of benzene rings is 1. The van der Waals surface area contributed by atoms with Gasteiger partial charge in [-0.3, -0.25) is 33.9 Å². The van der Waals surface area contributed by atoms with Gasteiger partial charge in [0.1, 0.15) is 24.1 Å². The number of Topliss-reactive ketones (excluding diaryl/α,β-unsaturated/α-hetero) is 2. The lowest BCUT2D eigenvalue weighted by Crippen LogP contribution is -2.59. The minimum absolute atomic E-state index is 0.0257. The predicted octanol–water partition coefficient (Wildman–Crippen LogP) is 4.86. The quantitative estimate of drug-likeness (QED) is 0.0312. The number of nitrogens with two attached hydrogens (primary N) is 1. The molecule has 0 bridgehead atoms. The molecule has 1 aromatic rings. The standard InChI is InChI=1S/C53H84N6O11/c1-16-33(8)47(54)45(61)27-46(62)70-49(32(6)7)48(63)34(9)35(10)57-42(25-31(4)5)51(65)59-23-17-18-43(59)52(66)58(14)44(26-38-19-21-40(68-15)22-20-38)53(67)69-37(12)41(36(11)60)29-56-50(64)39(28-55-13)24-30(2)3/h19-22,24,28-29,31-32,34-35,37,39,42-45,47,49,51,57,61,65H,8,16-18,23,25-27,54H2,1-7,9-15H3,(H,56,64)/b41-29-,55-28?/t34-,35?,37-,39?,42?,43+,44?,45+,47-,49+,51?/m1/s1. The molecule has 1 fully saturated rings. The fourth-order valence-corrected chi connectivity index (χ4v) is 8.42. The lowest BCUT2D eigenvalue weighted by Gasteiger charge is -2.39. The van der Waals surface area contributed by atoms with Gasteiger partial charge in [-0.05, 0) is 89.8 Å². The van der Waals surface area contributed by atoms with Crippen molar-refractivity contribution in [1.29, 1.82) is 0 Å². The molecule has 17 heteroatoms. The van der Waals surface area contributed by atoms with Crippen LogP contribution in [0.5, 0.6) is 5.75 Å². The van der Waals surface area contributed by atoms with Crippen LogP contribution < -0.4 is 21.1 Å². The second-order valence-electron chi connectivity index (χ2n) is 19.6. The lowest BCUT2D eigenvalue weighted by atomic mass is 9.89. The number of likely N-dealkylation sites (N-methyl/N-ethyl adjacent to an activating group) is 1. The maximum atomic E-state index is 14.7. The number of carbonyl (C=O) groups is 6. The molecule has 17 nitrogen and oxygen atoms in total. The van der Waals surface area contributed by atoms with Crippen LogP contribution in [0.2, 0.25) is 0 Å². The van der Waals surface area contributed by atoms with Crippen molar-refractivity contribution in [3.63, 3.8) is 0 Å². The SMILES string of the molecule is C=C(CC)[C@@H](N)[C@@H](O)CC(=O)O[C@H](C(=O)[C@H](C)C(C)NC(CC(C)C)C(O)N1CCC[C@H]1C(=O)N(C)C(Cc1ccc(OC)cc1)C(=O)O[C@H](C)/C(=C\NC(=O)C(C=NC)C=C(C)C)C(C)=O)C(C)C. The van der Waals surface area contributed by atoms with Crippen LogP contribution in [0.15, 0.2) is 64.8 Å². The maximum Gasteiger partial charge on any atom is 0.329 e. The zero-order valence-corrected chi connectivity index (χ0v) is 44.2. The van der Waals surface area contributed by atoms with E-state index in [0.29, 0.717) is 49.1 Å². The molecule has 5 unspecified atom stereocenters. The predicted molar refractivity (Wildman–Crippen MR) is 272 cm³/mol. The van der Waals surface area contributed by atoms with Gasteiger partial charge in [0.05, 0.1) is 43.2 Å². The van der Waals surface area contributed by atoms with Crippen molar-refractivity contribution in [2.45, 2.75) is 169 Å². The Kier molecular flexibility index (Phi) is 25.6. The number of nitrogens with zero attached hydrogens (tertiary/aromatic N) is 3. The molecule has 1 heterocycles. The smallest absolute Gasteiger partial charge is 0.329 e. The molecule has 1 saturated heterocycles. The van der Waals surface area contributed by atoms with Crippen molar-refractivity contribution >= 4 is 41.5 Å². The van der Waals surface area contributed by atoms with E-state index in [4.69, 9.17) is 19.9 Å². The van der Waals surface area contributed by atoms with Crippen LogP contribution in [-0.4, -0.2) is 144 Å². The first-order valence-electron chi connectivity index (χ1n) is 24.5. The highest BCUT2D eigenvalue weighted by Gasteiger charge is 2.43. The van der Waals surface area contributed by atoms with E-state index in [9.17, 15) is 39.0 Å². The van der Waals surface area contributed by atoms with Crippen molar-refractivity contribution in [1.82, 2.24) is 20.4 Å². The molecule has 0 radical (unpaired) electrons. The summed E-state index contributed by atoms with van der Waals surface area (Å²) in [4.78, 5) is 89.1. The van der Waals surface area contributed by atoms with Crippen LogP contribution in [0.4, 0.5) is 0 Å². The molecule has 6 N–H and O–H groups in total. The number of ketones is 2. The van der Waals surface area contributed by atoms with Gasteiger partial charge in [0.15, 0.2) is 17.7 Å². The molecule has 392 valence electrons. The van der Waals surface area contributed by atoms with Gasteiger partial charge >= 0.3 is 11.9 Å². The van der Waals surface area contributed by atoms with Crippen molar-refractivity contribution in [3.8, 4) is 5.75 Å². The third kappa shape index (κ3) is 18.3. The van der Waals surface area contributed by atoms with Crippen molar-refractivity contribution in [3.05, 3.63) is 65.4 Å². The number of methoxy groups -OCH3 is 1. The second-order valence-corrected chi connectivity index (χ2v) is 19.6. The Balaban J connectivity index is 2.41. The molecule has 1 aliphatic rings. The first-order chi connectivity index (χ1) is 32.8. The molecule has 70 heavy (non-hydrogen) atoms. The van der Waals surface area contributed by atoms with Crippen molar-refractivity contribution < 1.29 is 53.2 Å². The van der Waals surface area contributed by atoms with E-state index >= 15 is 0 Å². The number of hydrogen-bond acceptors (Lipinski definition) is 15. The van der Waals surface area contributed by atoms with E-state index in [0.717, 1.165) is 5.57 Å². The van der Waals surface area contributed by atoms with Crippen LogP contribution in [-0.2, 0) is 44.7 Å². The first kappa shape index (κ1) is 61.1. The molecule has 0 aliphatic carbocycles. The summed E-state index contributed by atoms with van der Waals surface area (Å²) in [6, 6.07) is 3.07. The van der Waals surface area contributed by atoms with Gasteiger partial charge in [-0.2, -0.15) is 0 Å². The molecule has 0 spiro atoms. The average Bonchev–Trinajstić information content (AvgIpc) is 3.80. The fraction of sp³-hybridized carbons (Fsp3) is 0.642. The van der Waals surface area contributed by atoms with Gasteiger partial charge in [0.25, 0.3) is 0 Å². The number of nitrogens with one attached hydrogen (secondary N) is 2. The highest BCUT2D eigenvalue weighted by Crippen LogP contribution is 2.28. The molecule has 2 amide bonds. The zero-order chi connectivity index (χ0) is 53.2. The number of carbonyl (C=O) groups excluding carboxylic acids is 6. The lowest BCUT2D eigenvalue weighted by molar-refractivity contribution is -0.161. The summed E-state index contributed by atoms with van der Waals surface area (Å²) >= 11 is 0. The summed E-state index contributed by atoms with van der Waals surface area (Å²) in [6.45, 7) is 23.7. The molecule has 0 aromatic heterocycles. The Morgan fingerprint density at radius 1 is 1.00 bits per heavy atom. The van der Waals surface area contributed by atoms with E-state index in [1.807, 2.05) is 41.5 Å². The Hall–Kier alpha value is -5.07. The average molecular weight is 981 g/mol. The summed E-state index contributed by atoms with van der Waals surface area (Å²) in [6.07, 6.45) is 1.41. The van der Waals surface area contributed by atoms with Gasteiger partial charge in [-0.1, -0.05) is 77.5 Å². The number of likely N-dealkylation sites (tertiary alicyclic amines) is 1. The van der Waals surface area contributed by atoms with Crippen molar-refractivity contribution in [2.24, 2.45) is 34.4 Å². The monoisotopic (exact) mass is 981 g/mol. The summed E-state index contributed by atoms with van der Waals surface area (Å²) in [5.74, 6) is -4.26. The molecular formula is C53H84N6O11. The Labute approximate surface area is 416 Å². The zero-order valence-electron chi connectivity index (χ0n) is 44.2. The number of ether oxygens (including phenoxy) is 3. The number of esters is 2. The van der Waals surface area contributed by atoms with Gasteiger partial charge in [0, 0.05) is 57.5 Å². The van der Waals surface area contributed by atoms with Crippen molar-refractivity contribution in [2.75, 3.05) is 27.7 Å². The van der Waals surface area contributed by atoms with Gasteiger partial charge < -0.3 is 45.7 Å². The highest BCUT2D eigenvalue weighted by atomic mass is 16.6. The summed E-state index contributed by atoms with van der Waals surface area (Å²) in [5, 5.41) is 28.9. The topological polar surface area (TPSA) is 239 Å². The van der Waals surface area contributed by atoms with E-state index < -0.39 is 103 Å². The molecule has 2 rings (SSSR count). The molecule has 1 aliphatic heterocycles.